The van der Waals surface area contributed by atoms with Gasteiger partial charge in [0.05, 0.1) is 10.6 Å². The third-order valence-corrected chi connectivity index (χ3v) is 5.86. The summed E-state index contributed by atoms with van der Waals surface area (Å²) in [6, 6.07) is 15.3. The van der Waals surface area contributed by atoms with Gasteiger partial charge in [-0.05, 0) is 44.5 Å². The molecular formula is C20H26N2O3S. The number of anilines is 1. The van der Waals surface area contributed by atoms with E-state index in [0.717, 1.165) is 22.7 Å². The van der Waals surface area contributed by atoms with Gasteiger partial charge in [0.1, 0.15) is 6.54 Å². The quantitative estimate of drug-likeness (QED) is 0.769. The predicted molar refractivity (Wildman–Crippen MR) is 105 cm³/mol. The van der Waals surface area contributed by atoms with Crippen molar-refractivity contribution in [2.24, 2.45) is 0 Å². The average Bonchev–Trinajstić information content (AvgIpc) is 2.61. The Morgan fingerprint density at radius 1 is 1.08 bits per heavy atom. The molecule has 1 amide bonds. The monoisotopic (exact) mass is 374 g/mol. The number of sulfonamides is 1. The van der Waals surface area contributed by atoms with E-state index in [1.165, 1.54) is 12.1 Å². The first-order valence-corrected chi connectivity index (χ1v) is 10.2. The largest absolute Gasteiger partial charge is 0.352 e. The lowest BCUT2D eigenvalue weighted by molar-refractivity contribution is -0.120. The lowest BCUT2D eigenvalue weighted by Gasteiger charge is -2.25. The van der Waals surface area contributed by atoms with E-state index < -0.39 is 10.0 Å². The SMILES string of the molecule is CCC[C@H](C)NC(=O)CN(c1ccc(C)cc1)S(=O)(=O)c1ccccc1. The van der Waals surface area contributed by atoms with Crippen molar-refractivity contribution in [3.63, 3.8) is 0 Å². The lowest BCUT2D eigenvalue weighted by atomic mass is 10.2. The summed E-state index contributed by atoms with van der Waals surface area (Å²) < 4.78 is 27.4. The number of carbonyl (C=O) groups is 1. The molecule has 0 saturated carbocycles. The molecule has 0 aliphatic heterocycles. The standard InChI is InChI=1S/C20H26N2O3S/c1-4-8-17(3)21-20(23)15-22(18-13-11-16(2)12-14-18)26(24,25)19-9-6-5-7-10-19/h5-7,9-14,17H,4,8,15H2,1-3H3,(H,21,23)/t17-/m0/s1. The number of carbonyl (C=O) groups excluding carboxylic acids is 1. The molecule has 0 bridgehead atoms. The number of hydrogen-bond donors (Lipinski definition) is 1. The molecule has 0 aromatic heterocycles. The normalized spacial score (nSPS) is 12.4. The fourth-order valence-corrected chi connectivity index (χ4v) is 4.14. The van der Waals surface area contributed by atoms with Gasteiger partial charge in [0, 0.05) is 6.04 Å². The minimum absolute atomic E-state index is 0.00629. The highest BCUT2D eigenvalue weighted by atomic mass is 32.2. The van der Waals surface area contributed by atoms with Gasteiger partial charge < -0.3 is 5.32 Å². The highest BCUT2D eigenvalue weighted by Gasteiger charge is 2.27. The Labute approximate surface area is 156 Å². The van der Waals surface area contributed by atoms with Crippen LogP contribution in [-0.2, 0) is 14.8 Å². The summed E-state index contributed by atoms with van der Waals surface area (Å²) in [6.07, 6.45) is 1.80. The smallest absolute Gasteiger partial charge is 0.264 e. The summed E-state index contributed by atoms with van der Waals surface area (Å²) in [5.41, 5.74) is 1.49. The molecule has 0 aliphatic carbocycles. The van der Waals surface area contributed by atoms with Gasteiger partial charge in [-0.15, -0.1) is 0 Å². The van der Waals surface area contributed by atoms with Crippen LogP contribution in [0.5, 0.6) is 0 Å². The van der Waals surface area contributed by atoms with Crippen LogP contribution in [0, 0.1) is 6.92 Å². The molecule has 0 radical (unpaired) electrons. The van der Waals surface area contributed by atoms with Crippen molar-refractivity contribution in [1.29, 1.82) is 0 Å². The highest BCUT2D eigenvalue weighted by Crippen LogP contribution is 2.23. The van der Waals surface area contributed by atoms with E-state index in [-0.39, 0.29) is 23.4 Å². The van der Waals surface area contributed by atoms with E-state index in [1.54, 1.807) is 30.3 Å². The van der Waals surface area contributed by atoms with Crippen molar-refractivity contribution < 1.29 is 13.2 Å². The van der Waals surface area contributed by atoms with Gasteiger partial charge in [-0.2, -0.15) is 0 Å². The maximum atomic E-state index is 13.1. The molecule has 1 N–H and O–H groups in total. The molecule has 26 heavy (non-hydrogen) atoms. The van der Waals surface area contributed by atoms with Crippen LogP contribution in [0.15, 0.2) is 59.5 Å². The zero-order chi connectivity index (χ0) is 19.2. The minimum atomic E-state index is -3.84. The van der Waals surface area contributed by atoms with Crippen LogP contribution >= 0.6 is 0 Å². The molecule has 2 aromatic carbocycles. The summed E-state index contributed by atoms with van der Waals surface area (Å²) in [4.78, 5) is 12.6. The van der Waals surface area contributed by atoms with Gasteiger partial charge in [-0.1, -0.05) is 49.2 Å². The van der Waals surface area contributed by atoms with Crippen LogP contribution < -0.4 is 9.62 Å². The fraction of sp³-hybridized carbons (Fsp3) is 0.350. The number of benzene rings is 2. The Morgan fingerprint density at radius 3 is 2.27 bits per heavy atom. The summed E-state index contributed by atoms with van der Waals surface area (Å²) in [6.45, 7) is 5.64. The lowest BCUT2D eigenvalue weighted by Crippen LogP contribution is -2.43. The van der Waals surface area contributed by atoms with Gasteiger partial charge in [0.2, 0.25) is 5.91 Å². The van der Waals surface area contributed by atoms with E-state index in [9.17, 15) is 13.2 Å². The van der Waals surface area contributed by atoms with Crippen molar-refractivity contribution >= 4 is 21.6 Å². The van der Waals surface area contributed by atoms with Crippen molar-refractivity contribution in [3.05, 3.63) is 60.2 Å². The van der Waals surface area contributed by atoms with Gasteiger partial charge in [0.25, 0.3) is 10.0 Å². The topological polar surface area (TPSA) is 66.5 Å². The summed E-state index contributed by atoms with van der Waals surface area (Å²) in [7, 11) is -3.84. The Bertz CT molecular complexity index is 818. The van der Waals surface area contributed by atoms with Crippen LogP contribution in [0.3, 0.4) is 0 Å². The van der Waals surface area contributed by atoms with Crippen LogP contribution in [0.2, 0.25) is 0 Å². The number of nitrogens with one attached hydrogen (secondary N) is 1. The second-order valence-electron chi connectivity index (χ2n) is 6.42. The highest BCUT2D eigenvalue weighted by molar-refractivity contribution is 7.92. The first-order valence-electron chi connectivity index (χ1n) is 8.78. The van der Waals surface area contributed by atoms with Gasteiger partial charge in [-0.3, -0.25) is 9.10 Å². The second kappa shape index (κ2) is 8.85. The molecular weight excluding hydrogens is 348 g/mol. The van der Waals surface area contributed by atoms with Crippen LogP contribution in [-0.4, -0.2) is 26.9 Å². The molecule has 140 valence electrons. The minimum Gasteiger partial charge on any atom is -0.352 e. The molecule has 0 heterocycles. The second-order valence-corrected chi connectivity index (χ2v) is 8.28. The Balaban J connectivity index is 2.34. The average molecular weight is 375 g/mol. The number of amides is 1. The van der Waals surface area contributed by atoms with E-state index >= 15 is 0 Å². The summed E-state index contributed by atoms with van der Waals surface area (Å²) >= 11 is 0. The molecule has 0 spiro atoms. The first kappa shape index (κ1) is 20.0. The molecule has 6 heteroatoms. The maximum absolute atomic E-state index is 13.1. The summed E-state index contributed by atoms with van der Waals surface area (Å²) in [5, 5.41) is 2.87. The molecule has 0 saturated heterocycles. The Morgan fingerprint density at radius 2 is 1.69 bits per heavy atom. The Kier molecular flexibility index (Phi) is 6.80. The molecule has 0 fully saturated rings. The molecule has 2 aromatic rings. The van der Waals surface area contributed by atoms with Crippen molar-refractivity contribution in [2.75, 3.05) is 10.8 Å². The molecule has 0 unspecified atom stereocenters. The van der Waals surface area contributed by atoms with Gasteiger partial charge >= 0.3 is 0 Å². The van der Waals surface area contributed by atoms with Gasteiger partial charge in [0.15, 0.2) is 0 Å². The number of nitrogens with zero attached hydrogens (tertiary/aromatic N) is 1. The maximum Gasteiger partial charge on any atom is 0.264 e. The number of rotatable bonds is 8. The number of hydrogen-bond acceptors (Lipinski definition) is 3. The van der Waals surface area contributed by atoms with Crippen LogP contribution in [0.25, 0.3) is 0 Å². The van der Waals surface area contributed by atoms with E-state index in [1.807, 2.05) is 32.9 Å². The third kappa shape index (κ3) is 5.08. The van der Waals surface area contributed by atoms with E-state index in [4.69, 9.17) is 0 Å². The van der Waals surface area contributed by atoms with Crippen molar-refractivity contribution in [2.45, 2.75) is 44.6 Å². The van der Waals surface area contributed by atoms with Crippen LogP contribution in [0.1, 0.15) is 32.3 Å². The number of aryl methyl sites for hydroxylation is 1. The van der Waals surface area contributed by atoms with Gasteiger partial charge in [-0.25, -0.2) is 8.42 Å². The van der Waals surface area contributed by atoms with Crippen molar-refractivity contribution in [1.82, 2.24) is 5.32 Å². The molecule has 0 aliphatic rings. The third-order valence-electron chi connectivity index (χ3n) is 4.07. The van der Waals surface area contributed by atoms with E-state index in [2.05, 4.69) is 5.32 Å². The van der Waals surface area contributed by atoms with Crippen molar-refractivity contribution in [3.8, 4) is 0 Å². The van der Waals surface area contributed by atoms with E-state index in [0.29, 0.717) is 5.69 Å². The first-order chi connectivity index (χ1) is 12.3. The molecule has 1 atom stereocenters. The zero-order valence-electron chi connectivity index (χ0n) is 15.5. The molecule has 2 rings (SSSR count). The zero-order valence-corrected chi connectivity index (χ0v) is 16.3. The Hall–Kier alpha value is -2.34. The fourth-order valence-electron chi connectivity index (χ4n) is 2.70. The molecule has 5 nitrogen and oxygen atoms in total. The van der Waals surface area contributed by atoms with Crippen LogP contribution in [0.4, 0.5) is 5.69 Å². The predicted octanol–water partition coefficient (Wildman–Crippen LogP) is 3.50. The summed E-state index contributed by atoms with van der Waals surface area (Å²) in [5.74, 6) is -0.314.